The quantitative estimate of drug-likeness (QED) is 0.730. The van der Waals surface area contributed by atoms with Crippen LogP contribution in [0.15, 0.2) is 0 Å². The summed E-state index contributed by atoms with van der Waals surface area (Å²) >= 11 is 0. The van der Waals surface area contributed by atoms with Gasteiger partial charge < -0.3 is 15.3 Å². The second kappa shape index (κ2) is 5.00. The average molecular weight is 214 g/mol. The molecular weight excluding hydrogens is 196 g/mol. The normalized spacial score (nSPS) is 17.7. The number of hydrogen-bond donors (Lipinski definition) is 2. The van der Waals surface area contributed by atoms with E-state index in [9.17, 15) is 9.59 Å². The van der Waals surface area contributed by atoms with Crippen LogP contribution >= 0.6 is 0 Å². The number of aliphatic carboxylic acids is 1. The van der Waals surface area contributed by atoms with Gasteiger partial charge in [0.25, 0.3) is 0 Å². The third-order valence-corrected chi connectivity index (χ3v) is 2.75. The van der Waals surface area contributed by atoms with Gasteiger partial charge in [0.15, 0.2) is 0 Å². The Bertz CT molecular complexity index is 251. The molecule has 1 aliphatic carbocycles. The summed E-state index contributed by atoms with van der Waals surface area (Å²) in [6.07, 6.45) is 3.24. The van der Waals surface area contributed by atoms with Crippen LogP contribution in [0.3, 0.4) is 0 Å². The topological polar surface area (TPSA) is 69.6 Å². The molecule has 0 aromatic carbocycles. The van der Waals surface area contributed by atoms with Crippen molar-refractivity contribution in [1.82, 2.24) is 10.2 Å². The molecule has 1 fully saturated rings. The number of rotatable bonds is 4. The number of carboxylic acid groups (broad SMARTS) is 1. The van der Waals surface area contributed by atoms with Crippen LogP contribution in [0, 0.1) is 5.92 Å². The minimum atomic E-state index is -0.877. The maximum absolute atomic E-state index is 11.5. The van der Waals surface area contributed by atoms with Crippen LogP contribution in [-0.2, 0) is 4.79 Å². The molecule has 0 radical (unpaired) electrons. The summed E-state index contributed by atoms with van der Waals surface area (Å²) in [5.74, 6) is -1.40. The summed E-state index contributed by atoms with van der Waals surface area (Å²) in [4.78, 5) is 23.5. The SMILES string of the molecule is CC(CN(C)C(=O)NC1CCC1)C(=O)O. The van der Waals surface area contributed by atoms with Crippen molar-refractivity contribution < 1.29 is 14.7 Å². The maximum Gasteiger partial charge on any atom is 0.317 e. The molecule has 2 amide bonds. The van der Waals surface area contributed by atoms with Crippen molar-refractivity contribution in [1.29, 1.82) is 0 Å². The molecule has 1 saturated carbocycles. The van der Waals surface area contributed by atoms with Crippen molar-refractivity contribution in [2.45, 2.75) is 32.2 Å². The van der Waals surface area contributed by atoms with Gasteiger partial charge in [-0.15, -0.1) is 0 Å². The number of carbonyl (C=O) groups is 2. The fourth-order valence-corrected chi connectivity index (χ4v) is 1.41. The van der Waals surface area contributed by atoms with Crippen LogP contribution in [-0.4, -0.2) is 41.6 Å². The molecule has 1 aliphatic rings. The monoisotopic (exact) mass is 214 g/mol. The average Bonchev–Trinajstić information content (AvgIpc) is 2.10. The van der Waals surface area contributed by atoms with Crippen LogP contribution in [0.5, 0.6) is 0 Å². The summed E-state index contributed by atoms with van der Waals surface area (Å²) in [6.45, 7) is 1.84. The van der Waals surface area contributed by atoms with Gasteiger partial charge in [-0.25, -0.2) is 4.79 Å². The Balaban J connectivity index is 2.28. The lowest BCUT2D eigenvalue weighted by atomic mass is 9.93. The van der Waals surface area contributed by atoms with Crippen molar-refractivity contribution in [3.05, 3.63) is 0 Å². The Morgan fingerprint density at radius 2 is 2.13 bits per heavy atom. The predicted molar refractivity (Wildman–Crippen MR) is 55.6 cm³/mol. The van der Waals surface area contributed by atoms with E-state index >= 15 is 0 Å². The standard InChI is InChI=1S/C10H18N2O3/c1-7(9(13)14)6-12(2)10(15)11-8-4-3-5-8/h7-8H,3-6H2,1-2H3,(H,11,15)(H,13,14). The molecule has 2 N–H and O–H groups in total. The van der Waals surface area contributed by atoms with Gasteiger partial charge in [0.05, 0.1) is 5.92 Å². The number of hydrogen-bond acceptors (Lipinski definition) is 2. The smallest absolute Gasteiger partial charge is 0.317 e. The number of nitrogens with one attached hydrogen (secondary N) is 1. The van der Waals surface area contributed by atoms with Crippen LogP contribution in [0.4, 0.5) is 4.79 Å². The summed E-state index contributed by atoms with van der Waals surface area (Å²) < 4.78 is 0. The molecule has 5 nitrogen and oxygen atoms in total. The number of carboxylic acids is 1. The molecule has 0 aliphatic heterocycles. The maximum atomic E-state index is 11.5. The molecule has 0 aromatic rings. The van der Waals surface area contributed by atoms with Crippen molar-refractivity contribution in [3.8, 4) is 0 Å². The van der Waals surface area contributed by atoms with E-state index < -0.39 is 11.9 Å². The molecule has 1 unspecified atom stereocenters. The van der Waals surface area contributed by atoms with Crippen molar-refractivity contribution in [2.24, 2.45) is 5.92 Å². The van der Waals surface area contributed by atoms with E-state index in [4.69, 9.17) is 5.11 Å². The lowest BCUT2D eigenvalue weighted by molar-refractivity contribution is -0.141. The van der Waals surface area contributed by atoms with Crippen molar-refractivity contribution in [3.63, 3.8) is 0 Å². The summed E-state index contributed by atoms with van der Waals surface area (Å²) in [6, 6.07) is 0.118. The Morgan fingerprint density at radius 1 is 1.53 bits per heavy atom. The molecule has 1 atom stereocenters. The fraction of sp³-hybridized carbons (Fsp3) is 0.800. The van der Waals surface area contributed by atoms with Gasteiger partial charge in [0, 0.05) is 19.6 Å². The van der Waals surface area contributed by atoms with Crippen LogP contribution < -0.4 is 5.32 Å². The van der Waals surface area contributed by atoms with Gasteiger partial charge in [-0.1, -0.05) is 6.92 Å². The van der Waals surface area contributed by atoms with E-state index in [2.05, 4.69) is 5.32 Å². The number of nitrogens with zero attached hydrogens (tertiary/aromatic N) is 1. The first-order valence-corrected chi connectivity index (χ1v) is 5.25. The highest BCUT2D eigenvalue weighted by molar-refractivity contribution is 5.76. The Kier molecular flexibility index (Phi) is 3.94. The molecule has 15 heavy (non-hydrogen) atoms. The Labute approximate surface area is 89.4 Å². The molecule has 1 rings (SSSR count). The molecule has 86 valence electrons. The summed E-state index contributed by atoms with van der Waals surface area (Å²) in [5, 5.41) is 11.5. The molecule has 5 heteroatoms. The molecule has 0 bridgehead atoms. The lowest BCUT2D eigenvalue weighted by Crippen LogP contribution is -2.47. The van der Waals surface area contributed by atoms with E-state index in [-0.39, 0.29) is 12.6 Å². The summed E-state index contributed by atoms with van der Waals surface area (Å²) in [7, 11) is 1.62. The Hall–Kier alpha value is -1.26. The van der Waals surface area contributed by atoms with Gasteiger partial charge in [0.1, 0.15) is 0 Å². The molecule has 0 saturated heterocycles. The van der Waals surface area contributed by atoms with E-state index in [1.165, 1.54) is 11.3 Å². The van der Waals surface area contributed by atoms with Crippen molar-refractivity contribution >= 4 is 12.0 Å². The zero-order valence-electron chi connectivity index (χ0n) is 9.19. The first-order valence-electron chi connectivity index (χ1n) is 5.25. The van der Waals surface area contributed by atoms with Gasteiger partial charge in [0.2, 0.25) is 0 Å². The van der Waals surface area contributed by atoms with E-state index in [0.29, 0.717) is 6.04 Å². The lowest BCUT2D eigenvalue weighted by Gasteiger charge is -2.29. The molecule has 0 heterocycles. The predicted octanol–water partition coefficient (Wildman–Crippen LogP) is 0.901. The second-order valence-electron chi connectivity index (χ2n) is 4.20. The largest absolute Gasteiger partial charge is 0.481 e. The van der Waals surface area contributed by atoms with Gasteiger partial charge >= 0.3 is 12.0 Å². The highest BCUT2D eigenvalue weighted by Crippen LogP contribution is 2.18. The Morgan fingerprint density at radius 3 is 2.53 bits per heavy atom. The number of carbonyl (C=O) groups excluding carboxylic acids is 1. The third kappa shape index (κ3) is 3.42. The van der Waals surface area contributed by atoms with Gasteiger partial charge in [-0.3, -0.25) is 4.79 Å². The van der Waals surface area contributed by atoms with Crippen LogP contribution in [0.2, 0.25) is 0 Å². The van der Waals surface area contributed by atoms with Gasteiger partial charge in [-0.05, 0) is 19.3 Å². The minimum absolute atomic E-state index is 0.173. The highest BCUT2D eigenvalue weighted by atomic mass is 16.4. The van der Waals surface area contributed by atoms with Crippen LogP contribution in [0.25, 0.3) is 0 Å². The minimum Gasteiger partial charge on any atom is -0.481 e. The second-order valence-corrected chi connectivity index (χ2v) is 4.20. The third-order valence-electron chi connectivity index (χ3n) is 2.75. The number of urea groups is 1. The zero-order chi connectivity index (χ0) is 11.4. The summed E-state index contributed by atoms with van der Waals surface area (Å²) in [5.41, 5.74) is 0. The number of amides is 2. The van der Waals surface area contributed by atoms with E-state index in [0.717, 1.165) is 12.8 Å². The van der Waals surface area contributed by atoms with Gasteiger partial charge in [-0.2, -0.15) is 0 Å². The molecule has 0 spiro atoms. The molecule has 0 aromatic heterocycles. The zero-order valence-corrected chi connectivity index (χ0v) is 9.19. The van der Waals surface area contributed by atoms with E-state index in [1.54, 1.807) is 14.0 Å². The highest BCUT2D eigenvalue weighted by Gasteiger charge is 2.22. The molecular formula is C10H18N2O3. The first kappa shape index (κ1) is 11.8. The fourth-order valence-electron chi connectivity index (χ4n) is 1.41. The van der Waals surface area contributed by atoms with Crippen LogP contribution in [0.1, 0.15) is 26.2 Å². The van der Waals surface area contributed by atoms with Crippen molar-refractivity contribution in [2.75, 3.05) is 13.6 Å². The first-order chi connectivity index (χ1) is 7.00. The van der Waals surface area contributed by atoms with E-state index in [1.807, 2.05) is 0 Å².